The van der Waals surface area contributed by atoms with Crippen molar-refractivity contribution < 1.29 is 9.53 Å². The van der Waals surface area contributed by atoms with Crippen LogP contribution in [0.4, 0.5) is 0 Å². The van der Waals surface area contributed by atoms with Gasteiger partial charge in [-0.05, 0) is 38.9 Å². The van der Waals surface area contributed by atoms with Crippen molar-refractivity contribution in [3.63, 3.8) is 0 Å². The summed E-state index contributed by atoms with van der Waals surface area (Å²) in [7, 11) is 1.92. The monoisotopic (exact) mass is 262 g/mol. The summed E-state index contributed by atoms with van der Waals surface area (Å²) in [4.78, 5) is 14.4. The maximum absolute atomic E-state index is 12.4. The molecule has 0 aromatic heterocycles. The minimum atomic E-state index is -0.431. The minimum absolute atomic E-state index is 0.0848. The van der Waals surface area contributed by atoms with E-state index in [9.17, 15) is 4.79 Å². The summed E-state index contributed by atoms with van der Waals surface area (Å²) < 4.78 is 5.70. The van der Waals surface area contributed by atoms with E-state index < -0.39 is 6.10 Å². The summed E-state index contributed by atoms with van der Waals surface area (Å²) in [5.41, 5.74) is 0. The SMILES string of the molecule is CNCC1CCCN1C(=O)C(C)Oc1ccccc1. The van der Waals surface area contributed by atoms with Gasteiger partial charge in [0.25, 0.3) is 5.91 Å². The molecule has 2 atom stereocenters. The molecule has 0 radical (unpaired) electrons. The lowest BCUT2D eigenvalue weighted by molar-refractivity contribution is -0.138. The molecule has 2 rings (SSSR count). The van der Waals surface area contributed by atoms with Gasteiger partial charge < -0.3 is 15.0 Å². The fourth-order valence-corrected chi connectivity index (χ4v) is 2.56. The molecule has 1 aliphatic rings. The molecule has 1 amide bonds. The van der Waals surface area contributed by atoms with Gasteiger partial charge in [0.1, 0.15) is 5.75 Å². The number of ether oxygens (including phenoxy) is 1. The Balaban J connectivity index is 1.95. The lowest BCUT2D eigenvalue weighted by Crippen LogP contribution is -2.46. The molecule has 4 heteroatoms. The number of likely N-dealkylation sites (tertiary alicyclic amines) is 1. The smallest absolute Gasteiger partial charge is 0.263 e. The van der Waals surface area contributed by atoms with Crippen LogP contribution in [0.2, 0.25) is 0 Å². The molecule has 19 heavy (non-hydrogen) atoms. The van der Waals surface area contributed by atoms with Gasteiger partial charge in [-0.3, -0.25) is 4.79 Å². The standard InChI is InChI=1S/C15H22N2O2/c1-12(19-14-8-4-3-5-9-14)15(18)17-10-6-7-13(17)11-16-2/h3-5,8-9,12-13,16H,6-7,10-11H2,1-2H3. The van der Waals surface area contributed by atoms with Crippen molar-refractivity contribution in [1.29, 1.82) is 0 Å². The van der Waals surface area contributed by atoms with Gasteiger partial charge in [0.05, 0.1) is 0 Å². The van der Waals surface area contributed by atoms with Gasteiger partial charge >= 0.3 is 0 Å². The average molecular weight is 262 g/mol. The lowest BCUT2D eigenvalue weighted by Gasteiger charge is -2.27. The normalized spacial score (nSPS) is 20.3. The van der Waals surface area contributed by atoms with Crippen molar-refractivity contribution in [2.45, 2.75) is 31.9 Å². The second-order valence-electron chi connectivity index (χ2n) is 4.96. The van der Waals surface area contributed by atoms with Gasteiger partial charge in [-0.1, -0.05) is 18.2 Å². The van der Waals surface area contributed by atoms with E-state index in [0.717, 1.165) is 31.7 Å². The molecule has 0 bridgehead atoms. The molecule has 1 aliphatic heterocycles. The minimum Gasteiger partial charge on any atom is -0.481 e. The molecule has 1 fully saturated rings. The van der Waals surface area contributed by atoms with Gasteiger partial charge in [0.15, 0.2) is 6.10 Å². The Kier molecular flexibility index (Phi) is 4.80. The van der Waals surface area contributed by atoms with Gasteiger partial charge in [-0.25, -0.2) is 0 Å². The maximum atomic E-state index is 12.4. The molecule has 0 spiro atoms. The number of carbonyl (C=O) groups excluding carboxylic acids is 1. The molecule has 2 unspecified atom stereocenters. The summed E-state index contributed by atoms with van der Waals surface area (Å²) in [6.45, 7) is 3.52. The Labute approximate surface area is 114 Å². The zero-order valence-electron chi connectivity index (χ0n) is 11.6. The third kappa shape index (κ3) is 3.47. The van der Waals surface area contributed by atoms with Crippen LogP contribution in [0.1, 0.15) is 19.8 Å². The molecule has 1 aromatic carbocycles. The van der Waals surface area contributed by atoms with Crippen LogP contribution < -0.4 is 10.1 Å². The van der Waals surface area contributed by atoms with E-state index in [2.05, 4.69) is 5.32 Å². The quantitative estimate of drug-likeness (QED) is 0.877. The first kappa shape index (κ1) is 13.9. The van der Waals surface area contributed by atoms with E-state index in [-0.39, 0.29) is 5.91 Å². The summed E-state index contributed by atoms with van der Waals surface area (Å²) in [5, 5.41) is 3.15. The van der Waals surface area contributed by atoms with Crippen LogP contribution in [-0.4, -0.2) is 43.1 Å². The molecule has 0 aliphatic carbocycles. The lowest BCUT2D eigenvalue weighted by atomic mass is 10.2. The first-order chi connectivity index (χ1) is 9.22. The largest absolute Gasteiger partial charge is 0.481 e. The Morgan fingerprint density at radius 3 is 2.89 bits per heavy atom. The topological polar surface area (TPSA) is 41.6 Å². The van der Waals surface area contributed by atoms with E-state index >= 15 is 0 Å². The first-order valence-corrected chi connectivity index (χ1v) is 6.89. The number of para-hydroxylation sites is 1. The van der Waals surface area contributed by atoms with Crippen molar-refractivity contribution >= 4 is 5.91 Å². The zero-order valence-corrected chi connectivity index (χ0v) is 11.6. The second kappa shape index (κ2) is 6.57. The van der Waals surface area contributed by atoms with E-state index in [4.69, 9.17) is 4.74 Å². The van der Waals surface area contributed by atoms with Gasteiger partial charge in [-0.2, -0.15) is 0 Å². The number of carbonyl (C=O) groups is 1. The highest BCUT2D eigenvalue weighted by molar-refractivity contribution is 5.81. The second-order valence-corrected chi connectivity index (χ2v) is 4.96. The maximum Gasteiger partial charge on any atom is 0.263 e. The van der Waals surface area contributed by atoms with Crippen molar-refractivity contribution in [2.75, 3.05) is 20.1 Å². The number of rotatable bonds is 5. The van der Waals surface area contributed by atoms with Crippen LogP contribution in [0.5, 0.6) is 5.75 Å². The number of nitrogens with one attached hydrogen (secondary N) is 1. The van der Waals surface area contributed by atoms with E-state index in [1.165, 1.54) is 0 Å². The predicted molar refractivity (Wildman–Crippen MR) is 75.2 cm³/mol. The van der Waals surface area contributed by atoms with Crippen molar-refractivity contribution in [3.05, 3.63) is 30.3 Å². The zero-order chi connectivity index (χ0) is 13.7. The van der Waals surface area contributed by atoms with Crippen molar-refractivity contribution in [1.82, 2.24) is 10.2 Å². The van der Waals surface area contributed by atoms with Gasteiger partial charge in [-0.15, -0.1) is 0 Å². The molecule has 1 heterocycles. The van der Waals surface area contributed by atoms with Crippen LogP contribution >= 0.6 is 0 Å². The Bertz CT molecular complexity index is 408. The number of hydrogen-bond donors (Lipinski definition) is 1. The molecule has 4 nitrogen and oxygen atoms in total. The third-order valence-electron chi connectivity index (χ3n) is 3.50. The molecule has 104 valence electrons. The van der Waals surface area contributed by atoms with E-state index in [1.807, 2.05) is 49.2 Å². The Morgan fingerprint density at radius 1 is 1.47 bits per heavy atom. The van der Waals surface area contributed by atoms with Crippen LogP contribution in [0.15, 0.2) is 30.3 Å². The highest BCUT2D eigenvalue weighted by Gasteiger charge is 2.31. The number of hydrogen-bond acceptors (Lipinski definition) is 3. The highest BCUT2D eigenvalue weighted by atomic mass is 16.5. The van der Waals surface area contributed by atoms with Crippen LogP contribution in [0.3, 0.4) is 0 Å². The van der Waals surface area contributed by atoms with Crippen molar-refractivity contribution in [3.8, 4) is 5.75 Å². The average Bonchev–Trinajstić information content (AvgIpc) is 2.87. The van der Waals surface area contributed by atoms with Crippen LogP contribution in [-0.2, 0) is 4.79 Å². The molecular weight excluding hydrogens is 240 g/mol. The third-order valence-corrected chi connectivity index (χ3v) is 3.50. The summed E-state index contributed by atoms with van der Waals surface area (Å²) >= 11 is 0. The fourth-order valence-electron chi connectivity index (χ4n) is 2.56. The molecular formula is C15H22N2O2. The van der Waals surface area contributed by atoms with Crippen molar-refractivity contribution in [2.24, 2.45) is 0 Å². The van der Waals surface area contributed by atoms with Crippen LogP contribution in [0.25, 0.3) is 0 Å². The summed E-state index contributed by atoms with van der Waals surface area (Å²) in [6.07, 6.45) is 1.72. The van der Waals surface area contributed by atoms with E-state index in [1.54, 1.807) is 0 Å². The van der Waals surface area contributed by atoms with Crippen LogP contribution in [0, 0.1) is 0 Å². The fraction of sp³-hybridized carbons (Fsp3) is 0.533. The number of amides is 1. The summed E-state index contributed by atoms with van der Waals surface area (Å²) in [5.74, 6) is 0.828. The molecule has 1 saturated heterocycles. The number of likely N-dealkylation sites (N-methyl/N-ethyl adjacent to an activating group) is 1. The summed E-state index contributed by atoms with van der Waals surface area (Å²) in [6, 6.07) is 9.80. The Morgan fingerprint density at radius 2 is 2.21 bits per heavy atom. The van der Waals surface area contributed by atoms with E-state index in [0.29, 0.717) is 6.04 Å². The van der Waals surface area contributed by atoms with Gasteiger partial charge in [0, 0.05) is 19.1 Å². The van der Waals surface area contributed by atoms with Gasteiger partial charge in [0.2, 0.25) is 0 Å². The molecule has 1 N–H and O–H groups in total. The molecule has 0 saturated carbocycles. The Hall–Kier alpha value is -1.55. The number of nitrogens with zero attached hydrogens (tertiary/aromatic N) is 1. The predicted octanol–water partition coefficient (Wildman–Crippen LogP) is 1.66. The highest BCUT2D eigenvalue weighted by Crippen LogP contribution is 2.19. The molecule has 1 aromatic rings. The number of benzene rings is 1. The first-order valence-electron chi connectivity index (χ1n) is 6.89.